The highest BCUT2D eigenvalue weighted by molar-refractivity contribution is 5.76. The number of likely N-dealkylation sites (N-methyl/N-ethyl adjacent to an activating group) is 1. The summed E-state index contributed by atoms with van der Waals surface area (Å²) in [5.74, 6) is -1.50. The van der Waals surface area contributed by atoms with Crippen molar-refractivity contribution < 1.29 is 18.3 Å². The van der Waals surface area contributed by atoms with Crippen LogP contribution in [-0.4, -0.2) is 33.6 Å². The van der Waals surface area contributed by atoms with Gasteiger partial charge < -0.3 is 9.64 Å². The summed E-state index contributed by atoms with van der Waals surface area (Å²) in [6.07, 6.45) is 0.408. The summed E-state index contributed by atoms with van der Waals surface area (Å²) >= 11 is 0. The Labute approximate surface area is 92.6 Å². The van der Waals surface area contributed by atoms with E-state index in [1.54, 1.807) is 7.05 Å². The zero-order valence-electron chi connectivity index (χ0n) is 9.17. The van der Waals surface area contributed by atoms with E-state index in [1.807, 2.05) is 0 Å². The van der Waals surface area contributed by atoms with Crippen LogP contribution in [0.15, 0.2) is 12.1 Å². The van der Waals surface area contributed by atoms with Crippen LogP contribution in [0.2, 0.25) is 0 Å². The minimum absolute atomic E-state index is 0.0149. The fraction of sp³-hybridized carbons (Fsp3) is 0.364. The standard InChI is InChI=1S/C11H13F2NO2/c1-14(3-4-16-2)11-9(12)5-8(7-15)6-10(11)13/h5-7H,3-4H2,1-2H3. The Morgan fingerprint density at radius 3 is 2.38 bits per heavy atom. The van der Waals surface area contributed by atoms with E-state index < -0.39 is 11.6 Å². The molecular weight excluding hydrogens is 216 g/mol. The number of methoxy groups -OCH3 is 1. The van der Waals surface area contributed by atoms with Gasteiger partial charge in [-0.2, -0.15) is 0 Å². The van der Waals surface area contributed by atoms with E-state index in [0.717, 1.165) is 12.1 Å². The van der Waals surface area contributed by atoms with Gasteiger partial charge in [-0.25, -0.2) is 8.78 Å². The summed E-state index contributed by atoms with van der Waals surface area (Å²) in [6, 6.07) is 2.02. The number of ether oxygens (including phenoxy) is 1. The van der Waals surface area contributed by atoms with Crippen LogP contribution >= 0.6 is 0 Å². The Morgan fingerprint density at radius 1 is 1.38 bits per heavy atom. The normalized spacial score (nSPS) is 10.2. The van der Waals surface area contributed by atoms with Crippen LogP contribution in [0.5, 0.6) is 0 Å². The van der Waals surface area contributed by atoms with E-state index in [1.165, 1.54) is 12.0 Å². The first-order valence-corrected chi connectivity index (χ1v) is 4.74. The van der Waals surface area contributed by atoms with Gasteiger partial charge in [-0.15, -0.1) is 0 Å². The molecule has 16 heavy (non-hydrogen) atoms. The van der Waals surface area contributed by atoms with Gasteiger partial charge in [0, 0.05) is 26.3 Å². The van der Waals surface area contributed by atoms with Crippen molar-refractivity contribution >= 4 is 12.0 Å². The van der Waals surface area contributed by atoms with Crippen molar-refractivity contribution in [2.45, 2.75) is 0 Å². The van der Waals surface area contributed by atoms with Crippen LogP contribution in [0.25, 0.3) is 0 Å². The van der Waals surface area contributed by atoms with Gasteiger partial charge in [0.1, 0.15) is 23.6 Å². The number of aldehydes is 1. The van der Waals surface area contributed by atoms with Gasteiger partial charge in [0.2, 0.25) is 0 Å². The molecule has 1 aromatic carbocycles. The Hall–Kier alpha value is -1.49. The Kier molecular flexibility index (Phi) is 4.37. The van der Waals surface area contributed by atoms with Crippen LogP contribution < -0.4 is 4.90 Å². The molecule has 0 aromatic heterocycles. The SMILES string of the molecule is COCCN(C)c1c(F)cc(C=O)cc1F. The lowest BCUT2D eigenvalue weighted by molar-refractivity contribution is 0.112. The maximum atomic E-state index is 13.5. The monoisotopic (exact) mass is 229 g/mol. The number of carbonyl (C=O) groups excluding carboxylic acids is 1. The second-order valence-electron chi connectivity index (χ2n) is 3.37. The maximum Gasteiger partial charge on any atom is 0.150 e. The summed E-state index contributed by atoms with van der Waals surface area (Å²) in [6.45, 7) is 0.732. The third kappa shape index (κ3) is 2.76. The van der Waals surface area contributed by atoms with Crippen LogP contribution in [0.4, 0.5) is 14.5 Å². The van der Waals surface area contributed by atoms with Gasteiger partial charge in [-0.05, 0) is 12.1 Å². The molecule has 0 aliphatic carbocycles. The summed E-state index contributed by atoms with van der Waals surface area (Å²) in [7, 11) is 3.07. The smallest absolute Gasteiger partial charge is 0.150 e. The number of hydrogen-bond acceptors (Lipinski definition) is 3. The van der Waals surface area contributed by atoms with Crippen molar-refractivity contribution in [2.24, 2.45) is 0 Å². The topological polar surface area (TPSA) is 29.5 Å². The number of carbonyl (C=O) groups is 1. The number of anilines is 1. The molecule has 0 amide bonds. The second-order valence-corrected chi connectivity index (χ2v) is 3.37. The van der Waals surface area contributed by atoms with E-state index in [-0.39, 0.29) is 11.3 Å². The molecule has 0 aliphatic heterocycles. The Balaban J connectivity index is 2.99. The summed E-state index contributed by atoms with van der Waals surface area (Å²) in [5, 5.41) is 0. The van der Waals surface area contributed by atoms with Gasteiger partial charge in [-0.1, -0.05) is 0 Å². The van der Waals surface area contributed by atoms with Crippen LogP contribution in [0.1, 0.15) is 10.4 Å². The van der Waals surface area contributed by atoms with Crippen LogP contribution in [0.3, 0.4) is 0 Å². The first-order valence-electron chi connectivity index (χ1n) is 4.74. The highest BCUT2D eigenvalue weighted by Gasteiger charge is 2.14. The third-order valence-electron chi connectivity index (χ3n) is 2.19. The number of rotatable bonds is 5. The number of nitrogens with zero attached hydrogens (tertiary/aromatic N) is 1. The molecule has 0 radical (unpaired) electrons. The molecule has 0 spiro atoms. The predicted molar refractivity (Wildman–Crippen MR) is 56.9 cm³/mol. The van der Waals surface area contributed by atoms with E-state index >= 15 is 0 Å². The lowest BCUT2D eigenvalue weighted by Crippen LogP contribution is -2.24. The summed E-state index contributed by atoms with van der Waals surface area (Å²) < 4.78 is 31.8. The van der Waals surface area contributed by atoms with Crippen molar-refractivity contribution in [1.82, 2.24) is 0 Å². The second kappa shape index (κ2) is 5.55. The summed E-state index contributed by atoms with van der Waals surface area (Å²) in [5.41, 5.74) is -0.165. The Bertz CT molecular complexity index is 359. The molecule has 0 unspecified atom stereocenters. The van der Waals surface area contributed by atoms with Gasteiger partial charge in [0.25, 0.3) is 0 Å². The fourth-order valence-corrected chi connectivity index (χ4v) is 1.36. The van der Waals surface area contributed by atoms with Crippen molar-refractivity contribution in [3.63, 3.8) is 0 Å². The highest BCUT2D eigenvalue weighted by atomic mass is 19.1. The highest BCUT2D eigenvalue weighted by Crippen LogP contribution is 2.23. The van der Waals surface area contributed by atoms with E-state index in [2.05, 4.69) is 0 Å². The molecule has 3 nitrogen and oxygen atoms in total. The molecular formula is C11H13F2NO2. The minimum Gasteiger partial charge on any atom is -0.383 e. The first kappa shape index (κ1) is 12.6. The minimum atomic E-state index is -0.749. The molecule has 0 saturated carbocycles. The maximum absolute atomic E-state index is 13.5. The molecule has 1 aromatic rings. The van der Waals surface area contributed by atoms with Gasteiger partial charge in [-0.3, -0.25) is 4.79 Å². The average Bonchev–Trinajstić information content (AvgIpc) is 2.25. The molecule has 0 bridgehead atoms. The molecule has 0 N–H and O–H groups in total. The van der Waals surface area contributed by atoms with Crippen LogP contribution in [-0.2, 0) is 4.74 Å². The van der Waals surface area contributed by atoms with E-state index in [9.17, 15) is 13.6 Å². The predicted octanol–water partition coefficient (Wildman–Crippen LogP) is 1.86. The third-order valence-corrected chi connectivity index (χ3v) is 2.19. The van der Waals surface area contributed by atoms with Gasteiger partial charge in [0.05, 0.1) is 6.61 Å². The largest absolute Gasteiger partial charge is 0.383 e. The molecule has 1 rings (SSSR count). The lowest BCUT2D eigenvalue weighted by Gasteiger charge is -2.20. The fourth-order valence-electron chi connectivity index (χ4n) is 1.36. The van der Waals surface area contributed by atoms with Crippen LogP contribution in [0, 0.1) is 11.6 Å². The van der Waals surface area contributed by atoms with Crippen molar-refractivity contribution in [3.05, 3.63) is 29.3 Å². The Morgan fingerprint density at radius 2 is 1.94 bits per heavy atom. The molecule has 0 fully saturated rings. The molecule has 0 heterocycles. The number of benzene rings is 1. The van der Waals surface area contributed by atoms with Crippen molar-refractivity contribution in [1.29, 1.82) is 0 Å². The molecule has 88 valence electrons. The molecule has 0 atom stereocenters. The zero-order valence-corrected chi connectivity index (χ0v) is 9.17. The molecule has 0 saturated heterocycles. The van der Waals surface area contributed by atoms with E-state index in [4.69, 9.17) is 4.74 Å². The van der Waals surface area contributed by atoms with Gasteiger partial charge in [0.15, 0.2) is 0 Å². The number of halogens is 2. The molecule has 0 aliphatic rings. The zero-order chi connectivity index (χ0) is 12.1. The quantitative estimate of drug-likeness (QED) is 0.722. The van der Waals surface area contributed by atoms with E-state index in [0.29, 0.717) is 19.4 Å². The first-order chi connectivity index (χ1) is 7.60. The lowest BCUT2D eigenvalue weighted by atomic mass is 10.2. The van der Waals surface area contributed by atoms with Crippen molar-refractivity contribution in [2.75, 3.05) is 32.2 Å². The van der Waals surface area contributed by atoms with Gasteiger partial charge >= 0.3 is 0 Å². The molecule has 5 heteroatoms. The average molecular weight is 229 g/mol. The van der Waals surface area contributed by atoms with Crippen molar-refractivity contribution in [3.8, 4) is 0 Å². The number of hydrogen-bond donors (Lipinski definition) is 0. The summed E-state index contributed by atoms with van der Waals surface area (Å²) in [4.78, 5) is 11.8.